The third kappa shape index (κ3) is 4.21. The molecule has 0 aliphatic heterocycles. The standard InChI is InChI=1S/C21H12Br2Cl2N2O3/c1-29-19-14(6-10(22)7-15(19)23)20(28)26-12-3-5-18-17(9-12)27-21(30-18)13-8-11(24)2-4-16(13)25/h2-9H,1H3,(H,26,28). The van der Waals surface area contributed by atoms with Crippen LogP contribution in [0.5, 0.6) is 5.75 Å². The molecule has 0 unspecified atom stereocenters. The lowest BCUT2D eigenvalue weighted by Gasteiger charge is -2.11. The highest BCUT2D eigenvalue weighted by Gasteiger charge is 2.18. The number of carbonyl (C=O) groups is 1. The SMILES string of the molecule is COc1c(Br)cc(Br)cc1C(=O)Nc1ccc2oc(-c3cc(Cl)ccc3Cl)nc2c1. The van der Waals surface area contributed by atoms with Crippen LogP contribution in [0.25, 0.3) is 22.6 Å². The molecule has 30 heavy (non-hydrogen) atoms. The number of hydrogen-bond acceptors (Lipinski definition) is 4. The molecular formula is C21H12Br2Cl2N2O3. The molecule has 9 heteroatoms. The molecule has 152 valence electrons. The monoisotopic (exact) mass is 568 g/mol. The molecule has 0 aliphatic carbocycles. The predicted molar refractivity (Wildman–Crippen MR) is 126 cm³/mol. The summed E-state index contributed by atoms with van der Waals surface area (Å²) in [6.07, 6.45) is 0. The number of benzene rings is 3. The minimum Gasteiger partial charge on any atom is -0.495 e. The first-order valence-electron chi connectivity index (χ1n) is 8.56. The highest BCUT2D eigenvalue weighted by Crippen LogP contribution is 2.35. The Morgan fingerprint density at radius 3 is 2.67 bits per heavy atom. The number of halogens is 4. The van der Waals surface area contributed by atoms with Gasteiger partial charge in [-0.25, -0.2) is 4.98 Å². The van der Waals surface area contributed by atoms with Crippen molar-refractivity contribution in [2.75, 3.05) is 12.4 Å². The van der Waals surface area contributed by atoms with Crippen molar-refractivity contribution < 1.29 is 13.9 Å². The molecule has 0 saturated carbocycles. The van der Waals surface area contributed by atoms with Crippen molar-refractivity contribution in [3.63, 3.8) is 0 Å². The molecule has 4 aromatic rings. The van der Waals surface area contributed by atoms with E-state index in [0.717, 1.165) is 4.47 Å². The zero-order valence-corrected chi connectivity index (χ0v) is 20.0. The summed E-state index contributed by atoms with van der Waals surface area (Å²) in [5.74, 6) is 0.462. The number of rotatable bonds is 4. The third-order valence-corrected chi connectivity index (χ3v) is 5.87. The number of ether oxygens (including phenoxy) is 1. The maximum Gasteiger partial charge on any atom is 0.259 e. The van der Waals surface area contributed by atoms with Crippen molar-refractivity contribution in [2.45, 2.75) is 0 Å². The van der Waals surface area contributed by atoms with Gasteiger partial charge in [0.15, 0.2) is 5.58 Å². The van der Waals surface area contributed by atoms with E-state index in [9.17, 15) is 4.79 Å². The summed E-state index contributed by atoms with van der Waals surface area (Å²) in [4.78, 5) is 17.3. The minimum absolute atomic E-state index is 0.324. The Labute approximate surface area is 198 Å². The molecule has 1 heterocycles. The first kappa shape index (κ1) is 21.2. The lowest BCUT2D eigenvalue weighted by atomic mass is 10.2. The smallest absolute Gasteiger partial charge is 0.259 e. The maximum absolute atomic E-state index is 12.8. The molecule has 1 aromatic heterocycles. The van der Waals surface area contributed by atoms with Gasteiger partial charge >= 0.3 is 0 Å². The molecule has 0 atom stereocenters. The van der Waals surface area contributed by atoms with Crippen molar-refractivity contribution in [1.29, 1.82) is 0 Å². The fraction of sp³-hybridized carbons (Fsp3) is 0.0476. The highest BCUT2D eigenvalue weighted by atomic mass is 79.9. The zero-order valence-electron chi connectivity index (χ0n) is 15.3. The molecule has 5 nitrogen and oxygen atoms in total. The molecule has 0 aliphatic rings. The first-order valence-corrected chi connectivity index (χ1v) is 10.9. The lowest BCUT2D eigenvalue weighted by molar-refractivity contribution is 0.102. The number of amides is 1. The molecule has 0 bridgehead atoms. The summed E-state index contributed by atoms with van der Waals surface area (Å²) in [7, 11) is 1.51. The molecule has 0 spiro atoms. The van der Waals surface area contributed by atoms with E-state index in [-0.39, 0.29) is 5.91 Å². The Bertz CT molecular complexity index is 1290. The van der Waals surface area contributed by atoms with Crippen LogP contribution in [-0.2, 0) is 0 Å². The number of anilines is 1. The highest BCUT2D eigenvalue weighted by molar-refractivity contribution is 9.11. The Balaban J connectivity index is 1.67. The van der Waals surface area contributed by atoms with E-state index >= 15 is 0 Å². The van der Waals surface area contributed by atoms with Gasteiger partial charge in [0.25, 0.3) is 5.91 Å². The molecule has 0 saturated heterocycles. The molecular weight excluding hydrogens is 559 g/mol. The van der Waals surface area contributed by atoms with Crippen LogP contribution in [0.4, 0.5) is 5.69 Å². The van der Waals surface area contributed by atoms with E-state index in [2.05, 4.69) is 42.2 Å². The van der Waals surface area contributed by atoms with Gasteiger partial charge in [-0.2, -0.15) is 0 Å². The largest absolute Gasteiger partial charge is 0.495 e. The second-order valence-corrected chi connectivity index (χ2v) is 8.86. The minimum atomic E-state index is -0.324. The summed E-state index contributed by atoms with van der Waals surface area (Å²) in [5, 5.41) is 3.86. The predicted octanol–water partition coefficient (Wildman–Crippen LogP) is 7.59. The van der Waals surface area contributed by atoms with Crippen LogP contribution in [-0.4, -0.2) is 18.0 Å². The van der Waals surface area contributed by atoms with Gasteiger partial charge in [-0.15, -0.1) is 0 Å². The van der Waals surface area contributed by atoms with Crippen LogP contribution in [0.3, 0.4) is 0 Å². The van der Waals surface area contributed by atoms with Crippen LogP contribution in [0.15, 0.2) is 61.9 Å². The number of oxazole rings is 1. The number of nitrogens with zero attached hydrogens (tertiary/aromatic N) is 1. The molecule has 3 aromatic carbocycles. The quantitative estimate of drug-likeness (QED) is 0.274. The molecule has 4 rings (SSSR count). The summed E-state index contributed by atoms with van der Waals surface area (Å²) < 4.78 is 12.6. The van der Waals surface area contributed by atoms with E-state index in [4.69, 9.17) is 32.4 Å². The van der Waals surface area contributed by atoms with Crippen LogP contribution >= 0.6 is 55.1 Å². The van der Waals surface area contributed by atoms with Gasteiger partial charge in [-0.05, 0) is 64.5 Å². The van der Waals surface area contributed by atoms with Crippen molar-refractivity contribution in [3.05, 3.63) is 73.1 Å². The molecule has 1 amide bonds. The normalized spacial score (nSPS) is 11.0. The summed E-state index contributed by atoms with van der Waals surface area (Å²) in [6.45, 7) is 0. The fourth-order valence-corrected chi connectivity index (χ4v) is 4.67. The second kappa shape index (κ2) is 8.59. The molecule has 0 radical (unpaired) electrons. The first-order chi connectivity index (χ1) is 14.4. The van der Waals surface area contributed by atoms with Crippen LogP contribution in [0.1, 0.15) is 10.4 Å². The van der Waals surface area contributed by atoms with Gasteiger partial charge < -0.3 is 14.5 Å². The van der Waals surface area contributed by atoms with Crippen LogP contribution < -0.4 is 10.1 Å². The Hall–Kier alpha value is -2.06. The number of fused-ring (bicyclic) bond motifs is 1. The Morgan fingerprint density at radius 2 is 1.90 bits per heavy atom. The number of hydrogen-bond donors (Lipinski definition) is 1. The van der Waals surface area contributed by atoms with Gasteiger partial charge in [0.1, 0.15) is 11.3 Å². The van der Waals surface area contributed by atoms with Gasteiger partial charge in [0.05, 0.1) is 27.7 Å². The fourth-order valence-electron chi connectivity index (χ4n) is 2.92. The third-order valence-electron chi connectivity index (χ3n) is 4.26. The summed E-state index contributed by atoms with van der Waals surface area (Å²) in [5.41, 5.74) is 2.66. The lowest BCUT2D eigenvalue weighted by Crippen LogP contribution is -2.13. The van der Waals surface area contributed by atoms with Crippen molar-refractivity contribution >= 4 is 77.8 Å². The van der Waals surface area contributed by atoms with Gasteiger partial charge in [-0.1, -0.05) is 39.1 Å². The van der Waals surface area contributed by atoms with Crippen LogP contribution in [0, 0.1) is 0 Å². The molecule has 1 N–H and O–H groups in total. The number of carbonyl (C=O) groups excluding carboxylic acids is 1. The van der Waals surface area contributed by atoms with E-state index < -0.39 is 0 Å². The van der Waals surface area contributed by atoms with Crippen molar-refractivity contribution in [1.82, 2.24) is 4.98 Å². The van der Waals surface area contributed by atoms with Gasteiger partial charge in [-0.3, -0.25) is 4.79 Å². The van der Waals surface area contributed by atoms with Crippen molar-refractivity contribution in [2.24, 2.45) is 0 Å². The van der Waals surface area contributed by atoms with E-state index in [1.807, 2.05) is 0 Å². The van der Waals surface area contributed by atoms with Crippen LogP contribution in [0.2, 0.25) is 10.0 Å². The molecule has 0 fully saturated rings. The Kier molecular flexibility index (Phi) is 6.06. The number of aromatic nitrogens is 1. The summed E-state index contributed by atoms with van der Waals surface area (Å²) in [6, 6.07) is 13.7. The van der Waals surface area contributed by atoms with Crippen molar-refractivity contribution in [3.8, 4) is 17.2 Å². The van der Waals surface area contributed by atoms with E-state index in [1.165, 1.54) is 7.11 Å². The zero-order chi connectivity index (χ0) is 21.4. The van der Waals surface area contributed by atoms with Gasteiger partial charge in [0.2, 0.25) is 5.89 Å². The average Bonchev–Trinajstić information content (AvgIpc) is 3.12. The second-order valence-electron chi connectivity index (χ2n) is 6.25. The number of nitrogens with one attached hydrogen (secondary N) is 1. The number of methoxy groups -OCH3 is 1. The average molecular weight is 571 g/mol. The van der Waals surface area contributed by atoms with E-state index in [1.54, 1.807) is 48.5 Å². The maximum atomic E-state index is 12.8. The van der Waals surface area contributed by atoms with E-state index in [0.29, 0.717) is 54.1 Å². The Morgan fingerprint density at radius 1 is 1.10 bits per heavy atom. The van der Waals surface area contributed by atoms with Gasteiger partial charge in [0, 0.05) is 15.2 Å². The summed E-state index contributed by atoms with van der Waals surface area (Å²) >= 11 is 19.1. The topological polar surface area (TPSA) is 64.4 Å².